The van der Waals surface area contributed by atoms with Crippen molar-refractivity contribution in [2.45, 2.75) is 56.8 Å². The molecule has 3 aliphatic rings. The summed E-state index contributed by atoms with van der Waals surface area (Å²) in [7, 11) is 0. The number of ether oxygens (including phenoxy) is 2. The summed E-state index contributed by atoms with van der Waals surface area (Å²) in [4.78, 5) is 49.2. The Bertz CT molecular complexity index is 1710. The number of likely N-dealkylation sites (tertiary alicyclic amines) is 1. The van der Waals surface area contributed by atoms with E-state index in [2.05, 4.69) is 13.2 Å². The van der Waals surface area contributed by atoms with E-state index >= 15 is 0 Å². The minimum Gasteiger partial charge on any atom is -0.494 e. The number of anilines is 2. The zero-order chi connectivity index (χ0) is 34.1. The number of carbonyl (C=O) groups excluding carboxylic acids is 3. The van der Waals surface area contributed by atoms with Crippen LogP contribution in [0.25, 0.3) is 10.8 Å². The van der Waals surface area contributed by atoms with Gasteiger partial charge in [-0.2, -0.15) is 0 Å². The van der Waals surface area contributed by atoms with E-state index in [0.29, 0.717) is 49.4 Å². The topological polar surface area (TPSA) is 99.6 Å². The van der Waals surface area contributed by atoms with E-state index in [1.807, 2.05) is 80.6 Å². The summed E-state index contributed by atoms with van der Waals surface area (Å²) in [5, 5.41) is 11.6. The second kappa shape index (κ2) is 13.6. The van der Waals surface area contributed by atoms with Crippen LogP contribution in [0.1, 0.15) is 39.5 Å². The van der Waals surface area contributed by atoms with E-state index in [1.54, 1.807) is 26.9 Å². The maximum absolute atomic E-state index is 14.9. The number of hydrogen-bond acceptors (Lipinski definition) is 6. The van der Waals surface area contributed by atoms with Crippen molar-refractivity contribution in [3.63, 3.8) is 0 Å². The lowest BCUT2D eigenvalue weighted by atomic mass is 9.66. The molecule has 252 valence electrons. The van der Waals surface area contributed by atoms with Gasteiger partial charge in [-0.15, -0.1) is 13.2 Å². The number of fused-ring (bicyclic) bond motifs is 2. The van der Waals surface area contributed by atoms with Gasteiger partial charge in [-0.1, -0.05) is 42.5 Å². The Hall–Kier alpha value is -4.47. The molecule has 3 aliphatic heterocycles. The summed E-state index contributed by atoms with van der Waals surface area (Å²) < 4.78 is 12.5. The van der Waals surface area contributed by atoms with Crippen molar-refractivity contribution in [3.05, 3.63) is 92.0 Å². The Labute approximate surface area is 282 Å². The molecule has 1 N–H and O–H groups in total. The first-order valence-electron chi connectivity index (χ1n) is 16.9. The fourth-order valence-corrected chi connectivity index (χ4v) is 8.17. The molecular formula is C39H45N3O6. The fourth-order valence-electron chi connectivity index (χ4n) is 8.17. The van der Waals surface area contributed by atoms with Gasteiger partial charge in [0.2, 0.25) is 11.8 Å². The average Bonchev–Trinajstić information content (AvgIpc) is 3.66. The highest BCUT2D eigenvalue weighted by Crippen LogP contribution is 2.63. The number of aliphatic hydroxyl groups excluding tert-OH is 1. The highest BCUT2D eigenvalue weighted by atomic mass is 16.5. The number of unbranched alkanes of at least 4 members (excludes halogenated alkanes) is 1. The SMILES string of the molecule is C=CCN(C(=O)C1N(CCCCO)C(=O)[C@@H]2[C@H](C(=O)N(CC=C)c3ccc(OCC)cc3)[C@]3(C)CCC12O3)c1ccc2ccccc2c1. The summed E-state index contributed by atoms with van der Waals surface area (Å²) in [5.41, 5.74) is -0.767. The van der Waals surface area contributed by atoms with Crippen molar-refractivity contribution >= 4 is 39.9 Å². The molecule has 3 aromatic carbocycles. The molecule has 0 aromatic heterocycles. The Morgan fingerprint density at radius 1 is 0.958 bits per heavy atom. The molecule has 3 fully saturated rings. The molecule has 1 spiro atoms. The molecule has 5 atom stereocenters. The van der Waals surface area contributed by atoms with Crippen LogP contribution in [0.15, 0.2) is 92.0 Å². The first-order chi connectivity index (χ1) is 23.2. The number of hydrogen-bond donors (Lipinski definition) is 1. The van der Waals surface area contributed by atoms with Crippen LogP contribution >= 0.6 is 0 Å². The Balaban J connectivity index is 1.40. The van der Waals surface area contributed by atoms with Crippen LogP contribution in [-0.4, -0.2) is 77.8 Å². The van der Waals surface area contributed by atoms with Gasteiger partial charge in [0.15, 0.2) is 0 Å². The normalized spacial score (nSPS) is 25.6. The van der Waals surface area contributed by atoms with Crippen molar-refractivity contribution < 1.29 is 29.0 Å². The third kappa shape index (κ3) is 5.58. The lowest BCUT2D eigenvalue weighted by Gasteiger charge is -2.37. The molecule has 2 unspecified atom stereocenters. The molecule has 3 heterocycles. The third-order valence-corrected chi connectivity index (χ3v) is 10.2. The van der Waals surface area contributed by atoms with E-state index in [-0.39, 0.29) is 44.0 Å². The number of nitrogens with zero attached hydrogens (tertiary/aromatic N) is 3. The van der Waals surface area contributed by atoms with Gasteiger partial charge in [0.1, 0.15) is 17.4 Å². The summed E-state index contributed by atoms with van der Waals surface area (Å²) in [5.74, 6) is -1.71. The third-order valence-electron chi connectivity index (χ3n) is 10.2. The largest absolute Gasteiger partial charge is 0.494 e. The van der Waals surface area contributed by atoms with Crippen molar-refractivity contribution in [1.29, 1.82) is 0 Å². The van der Waals surface area contributed by atoms with Gasteiger partial charge in [0.25, 0.3) is 5.91 Å². The quantitative estimate of drug-likeness (QED) is 0.182. The minimum atomic E-state index is -1.18. The van der Waals surface area contributed by atoms with Crippen LogP contribution in [0.2, 0.25) is 0 Å². The van der Waals surface area contributed by atoms with Crippen LogP contribution in [0.4, 0.5) is 11.4 Å². The molecule has 0 radical (unpaired) electrons. The first kappa shape index (κ1) is 33.4. The molecule has 0 saturated carbocycles. The van der Waals surface area contributed by atoms with E-state index < -0.39 is 29.1 Å². The maximum atomic E-state index is 14.9. The van der Waals surface area contributed by atoms with Gasteiger partial charge in [-0.05, 0) is 86.7 Å². The predicted octanol–water partition coefficient (Wildman–Crippen LogP) is 5.51. The zero-order valence-electron chi connectivity index (χ0n) is 27.8. The average molecular weight is 652 g/mol. The highest BCUT2D eigenvalue weighted by molar-refractivity contribution is 6.07. The molecular weight excluding hydrogens is 606 g/mol. The summed E-state index contributed by atoms with van der Waals surface area (Å²) >= 11 is 0. The predicted molar refractivity (Wildman–Crippen MR) is 187 cm³/mol. The molecule has 48 heavy (non-hydrogen) atoms. The van der Waals surface area contributed by atoms with Gasteiger partial charge >= 0.3 is 0 Å². The molecule has 9 nitrogen and oxygen atoms in total. The molecule has 2 bridgehead atoms. The van der Waals surface area contributed by atoms with E-state index in [0.717, 1.165) is 10.8 Å². The van der Waals surface area contributed by atoms with E-state index in [4.69, 9.17) is 9.47 Å². The minimum absolute atomic E-state index is 0.0246. The van der Waals surface area contributed by atoms with Crippen LogP contribution < -0.4 is 14.5 Å². The lowest BCUT2D eigenvalue weighted by Crippen LogP contribution is -2.56. The summed E-state index contributed by atoms with van der Waals surface area (Å²) in [6.45, 7) is 12.9. The maximum Gasteiger partial charge on any atom is 0.253 e. The smallest absolute Gasteiger partial charge is 0.253 e. The Morgan fingerprint density at radius 2 is 1.62 bits per heavy atom. The first-order valence-corrected chi connectivity index (χ1v) is 16.9. The summed E-state index contributed by atoms with van der Waals surface area (Å²) in [6.07, 6.45) is 5.35. The van der Waals surface area contributed by atoms with Crippen molar-refractivity contribution in [2.75, 3.05) is 42.6 Å². The van der Waals surface area contributed by atoms with Crippen LogP contribution in [-0.2, 0) is 19.1 Å². The van der Waals surface area contributed by atoms with Crippen molar-refractivity contribution in [2.24, 2.45) is 11.8 Å². The lowest BCUT2D eigenvalue weighted by molar-refractivity contribution is -0.144. The van der Waals surface area contributed by atoms with Gasteiger partial charge in [-0.3, -0.25) is 14.4 Å². The van der Waals surface area contributed by atoms with Crippen LogP contribution in [0.3, 0.4) is 0 Å². The fraction of sp³-hybridized carbons (Fsp3) is 0.410. The number of carbonyl (C=O) groups is 3. The number of aliphatic hydroxyl groups is 1. The van der Waals surface area contributed by atoms with Gasteiger partial charge in [-0.25, -0.2) is 0 Å². The van der Waals surface area contributed by atoms with Gasteiger partial charge in [0, 0.05) is 37.6 Å². The van der Waals surface area contributed by atoms with E-state index in [9.17, 15) is 19.5 Å². The highest BCUT2D eigenvalue weighted by Gasteiger charge is 2.78. The second-order valence-electron chi connectivity index (χ2n) is 13.1. The molecule has 9 heteroatoms. The second-order valence-corrected chi connectivity index (χ2v) is 13.1. The molecule has 0 aliphatic carbocycles. The number of benzene rings is 3. The molecule has 3 amide bonds. The standard InChI is InChI=1S/C39H45N3O6/c1-5-22-40(29-16-18-31(19-17-29)47-7-3)35(44)32-33-36(45)42(24-10-11-25-43)34(39(33)21-20-38(32,4)48-39)37(46)41(23-6-2)30-15-14-27-12-8-9-13-28(27)26-30/h5-6,8-9,12-19,26,32-34,43H,1-2,7,10-11,20-25H2,3-4H3/t32-,33+,34?,38+,39?/m1/s1. The Morgan fingerprint density at radius 3 is 2.29 bits per heavy atom. The Kier molecular flexibility index (Phi) is 9.45. The number of amides is 3. The van der Waals surface area contributed by atoms with Gasteiger partial charge < -0.3 is 29.3 Å². The molecule has 3 aromatic rings. The van der Waals surface area contributed by atoms with Crippen molar-refractivity contribution in [3.8, 4) is 5.75 Å². The van der Waals surface area contributed by atoms with Crippen LogP contribution in [0, 0.1) is 11.8 Å². The monoisotopic (exact) mass is 651 g/mol. The van der Waals surface area contributed by atoms with Crippen molar-refractivity contribution in [1.82, 2.24) is 4.90 Å². The van der Waals surface area contributed by atoms with E-state index in [1.165, 1.54) is 0 Å². The van der Waals surface area contributed by atoms with Gasteiger partial charge in [0.05, 0.1) is 24.0 Å². The summed E-state index contributed by atoms with van der Waals surface area (Å²) in [6, 6.07) is 20.2. The molecule has 3 saturated heterocycles. The molecule has 6 rings (SSSR count). The number of rotatable bonds is 14. The van der Waals surface area contributed by atoms with Crippen LogP contribution in [0.5, 0.6) is 5.75 Å². The zero-order valence-corrected chi connectivity index (χ0v) is 27.8.